The Balaban J connectivity index is 1.38. The van der Waals surface area contributed by atoms with Gasteiger partial charge in [0.15, 0.2) is 0 Å². The molecule has 0 fully saturated rings. The van der Waals surface area contributed by atoms with E-state index < -0.39 is 0 Å². The summed E-state index contributed by atoms with van der Waals surface area (Å²) in [4.78, 5) is 23.9. The molecule has 148 valence electrons. The maximum absolute atomic E-state index is 11.5. The highest BCUT2D eigenvalue weighted by Gasteiger charge is 2.14. The first-order valence-electron chi connectivity index (χ1n) is 8.80. The van der Waals surface area contributed by atoms with Crippen molar-refractivity contribution in [3.05, 3.63) is 64.3 Å². The Labute approximate surface area is 175 Å². The molecule has 0 atom stereocenters. The van der Waals surface area contributed by atoms with Gasteiger partial charge in [-0.3, -0.25) is 4.90 Å². The molecule has 4 aromatic rings. The summed E-state index contributed by atoms with van der Waals surface area (Å²) in [7, 11) is 3.34. The highest BCUT2D eigenvalue weighted by molar-refractivity contribution is 7.20. The summed E-state index contributed by atoms with van der Waals surface area (Å²) in [6.07, 6.45) is 0. The Kier molecular flexibility index (Phi) is 5.79. The highest BCUT2D eigenvalue weighted by Crippen LogP contribution is 2.28. The lowest BCUT2D eigenvalue weighted by atomic mass is 10.1. The minimum Gasteiger partial charge on any atom is -0.465 e. The van der Waals surface area contributed by atoms with E-state index in [1.807, 2.05) is 13.1 Å². The van der Waals surface area contributed by atoms with Crippen LogP contribution in [0.4, 0.5) is 0 Å². The largest absolute Gasteiger partial charge is 0.465 e. The second-order valence-electron chi connectivity index (χ2n) is 6.37. The highest BCUT2D eigenvalue weighted by atomic mass is 32.1. The molecular formula is C20H18N4O3S2. The van der Waals surface area contributed by atoms with E-state index in [9.17, 15) is 4.79 Å². The smallest absolute Gasteiger partial charge is 0.337 e. The van der Waals surface area contributed by atoms with Gasteiger partial charge in [-0.25, -0.2) is 9.78 Å². The minimum absolute atomic E-state index is 0.378. The van der Waals surface area contributed by atoms with Crippen LogP contribution in [0.2, 0.25) is 0 Å². The van der Waals surface area contributed by atoms with Gasteiger partial charge in [-0.1, -0.05) is 23.4 Å². The molecule has 3 heterocycles. The van der Waals surface area contributed by atoms with Crippen LogP contribution in [0.3, 0.4) is 0 Å². The van der Waals surface area contributed by atoms with Crippen LogP contribution in [0.15, 0.2) is 51.7 Å². The number of methoxy groups -OCH3 is 1. The first-order valence-corrected chi connectivity index (χ1v) is 10.6. The summed E-state index contributed by atoms with van der Waals surface area (Å²) in [5.74, 6) is 0.628. The molecule has 0 bridgehead atoms. The van der Waals surface area contributed by atoms with Crippen molar-refractivity contribution >= 4 is 28.6 Å². The van der Waals surface area contributed by atoms with Crippen LogP contribution >= 0.6 is 22.7 Å². The zero-order valence-corrected chi connectivity index (χ0v) is 17.5. The van der Waals surface area contributed by atoms with E-state index in [0.717, 1.165) is 16.3 Å². The van der Waals surface area contributed by atoms with Crippen molar-refractivity contribution in [2.24, 2.45) is 0 Å². The number of benzene rings is 1. The van der Waals surface area contributed by atoms with E-state index in [1.165, 1.54) is 12.0 Å². The molecule has 0 amide bonds. The molecule has 0 aliphatic carbocycles. The summed E-state index contributed by atoms with van der Waals surface area (Å²) in [5, 5.41) is 9.21. The van der Waals surface area contributed by atoms with E-state index in [0.29, 0.717) is 30.4 Å². The second-order valence-corrected chi connectivity index (χ2v) is 8.18. The predicted octanol–water partition coefficient (Wildman–Crippen LogP) is 4.34. The number of rotatable bonds is 7. The Morgan fingerprint density at radius 1 is 1.14 bits per heavy atom. The zero-order valence-electron chi connectivity index (χ0n) is 15.9. The number of aromatic nitrogens is 3. The normalized spacial score (nSPS) is 11.1. The van der Waals surface area contributed by atoms with Crippen LogP contribution < -0.4 is 0 Å². The summed E-state index contributed by atoms with van der Waals surface area (Å²) >= 11 is 3.34. The number of nitrogens with zero attached hydrogens (tertiary/aromatic N) is 4. The third-order valence-corrected chi connectivity index (χ3v) is 6.08. The molecule has 4 rings (SSSR count). The molecule has 0 spiro atoms. The maximum Gasteiger partial charge on any atom is 0.337 e. The van der Waals surface area contributed by atoms with Crippen molar-refractivity contribution in [1.29, 1.82) is 0 Å². The van der Waals surface area contributed by atoms with Crippen LogP contribution in [0, 0.1) is 0 Å². The Morgan fingerprint density at radius 3 is 2.69 bits per heavy atom. The van der Waals surface area contributed by atoms with E-state index >= 15 is 0 Å². The molecule has 29 heavy (non-hydrogen) atoms. The molecule has 0 radical (unpaired) electrons. The molecule has 1 aromatic carbocycles. The van der Waals surface area contributed by atoms with Gasteiger partial charge in [-0.2, -0.15) is 4.98 Å². The average molecular weight is 427 g/mol. The predicted molar refractivity (Wildman–Crippen MR) is 112 cm³/mol. The topological polar surface area (TPSA) is 81.4 Å². The summed E-state index contributed by atoms with van der Waals surface area (Å²) in [6, 6.07) is 11.0. The first-order chi connectivity index (χ1) is 14.1. The number of hydrogen-bond acceptors (Lipinski definition) is 9. The van der Waals surface area contributed by atoms with Crippen molar-refractivity contribution in [3.8, 4) is 21.3 Å². The fraction of sp³-hybridized carbons (Fsp3) is 0.200. The van der Waals surface area contributed by atoms with Gasteiger partial charge in [0.05, 0.1) is 29.8 Å². The fourth-order valence-corrected chi connectivity index (χ4v) is 4.39. The third kappa shape index (κ3) is 4.58. The lowest BCUT2D eigenvalue weighted by Crippen LogP contribution is -2.17. The molecule has 0 saturated carbocycles. The fourth-order valence-electron chi connectivity index (χ4n) is 2.77. The standard InChI is InChI=1S/C20H18N4O3S2/c1-24(10-15-12-29-19(21-15)16-4-3-9-28-16)11-17-22-18(23-27-17)13-5-7-14(8-6-13)20(25)26-2/h3-9,12H,10-11H2,1-2H3. The molecular weight excluding hydrogens is 408 g/mol. The van der Waals surface area contributed by atoms with Crippen LogP contribution in [0.5, 0.6) is 0 Å². The van der Waals surface area contributed by atoms with E-state index in [2.05, 4.69) is 31.9 Å². The number of hydrogen-bond donors (Lipinski definition) is 0. The quantitative estimate of drug-likeness (QED) is 0.407. The monoisotopic (exact) mass is 426 g/mol. The van der Waals surface area contributed by atoms with Crippen molar-refractivity contribution in [2.45, 2.75) is 13.1 Å². The van der Waals surface area contributed by atoms with Gasteiger partial charge in [0.1, 0.15) is 5.01 Å². The molecule has 0 saturated heterocycles. The summed E-state index contributed by atoms with van der Waals surface area (Å²) < 4.78 is 10.1. The first kappa shape index (κ1) is 19.4. The number of carbonyl (C=O) groups excluding carboxylic acids is 1. The van der Waals surface area contributed by atoms with E-state index in [1.54, 1.807) is 46.9 Å². The van der Waals surface area contributed by atoms with E-state index in [4.69, 9.17) is 14.2 Å². The number of thiophene rings is 1. The van der Waals surface area contributed by atoms with Crippen LogP contribution in [-0.2, 0) is 17.8 Å². The van der Waals surface area contributed by atoms with Crippen molar-refractivity contribution in [3.63, 3.8) is 0 Å². The number of ether oxygens (including phenoxy) is 1. The summed E-state index contributed by atoms with van der Waals surface area (Å²) in [6.45, 7) is 1.20. The molecule has 0 aliphatic rings. The number of carbonyl (C=O) groups is 1. The van der Waals surface area contributed by atoms with Gasteiger partial charge in [0.25, 0.3) is 0 Å². The lowest BCUT2D eigenvalue weighted by Gasteiger charge is -2.11. The number of thiazole rings is 1. The van der Waals surface area contributed by atoms with Gasteiger partial charge in [0, 0.05) is 17.5 Å². The average Bonchev–Trinajstić information content (AvgIpc) is 3.49. The van der Waals surface area contributed by atoms with Gasteiger partial charge in [0.2, 0.25) is 11.7 Å². The van der Waals surface area contributed by atoms with Crippen molar-refractivity contribution < 1.29 is 14.1 Å². The second kappa shape index (κ2) is 8.64. The van der Waals surface area contributed by atoms with Crippen molar-refractivity contribution in [2.75, 3.05) is 14.2 Å². The van der Waals surface area contributed by atoms with Gasteiger partial charge in [-0.05, 0) is 30.6 Å². The Hall–Kier alpha value is -2.88. The molecule has 9 heteroatoms. The molecule has 0 unspecified atom stereocenters. The van der Waals surface area contributed by atoms with Crippen LogP contribution in [0.25, 0.3) is 21.3 Å². The zero-order chi connectivity index (χ0) is 20.2. The maximum atomic E-state index is 11.5. The minimum atomic E-state index is -0.378. The van der Waals surface area contributed by atoms with Gasteiger partial charge >= 0.3 is 5.97 Å². The molecule has 0 aliphatic heterocycles. The SMILES string of the molecule is COC(=O)c1ccc(-c2noc(CN(C)Cc3csc(-c4cccs4)n3)n2)cc1. The van der Waals surface area contributed by atoms with Crippen LogP contribution in [-0.4, -0.2) is 40.2 Å². The van der Waals surface area contributed by atoms with Crippen molar-refractivity contribution in [1.82, 2.24) is 20.0 Å². The lowest BCUT2D eigenvalue weighted by molar-refractivity contribution is 0.0600. The molecule has 3 aromatic heterocycles. The Morgan fingerprint density at radius 2 is 1.97 bits per heavy atom. The third-order valence-electron chi connectivity index (χ3n) is 4.15. The van der Waals surface area contributed by atoms with Gasteiger partial charge < -0.3 is 9.26 Å². The molecule has 7 nitrogen and oxygen atoms in total. The summed E-state index contributed by atoms with van der Waals surface area (Å²) in [5.41, 5.74) is 2.26. The van der Waals surface area contributed by atoms with Gasteiger partial charge in [-0.15, -0.1) is 22.7 Å². The molecule has 0 N–H and O–H groups in total. The van der Waals surface area contributed by atoms with Crippen LogP contribution in [0.1, 0.15) is 21.9 Å². The number of esters is 1. The Bertz CT molecular complexity index is 1090. The van der Waals surface area contributed by atoms with E-state index in [-0.39, 0.29) is 5.97 Å².